The fourth-order valence-electron chi connectivity index (χ4n) is 1.90. The molecular weight excluding hydrogens is 334 g/mol. The van der Waals surface area contributed by atoms with Crippen LogP contribution in [-0.4, -0.2) is 28.3 Å². The van der Waals surface area contributed by atoms with Gasteiger partial charge in [-0.1, -0.05) is 12.1 Å². The van der Waals surface area contributed by atoms with Gasteiger partial charge < -0.3 is 16.4 Å². The van der Waals surface area contributed by atoms with E-state index < -0.39 is 10.8 Å². The molecule has 0 radical (unpaired) electrons. The van der Waals surface area contributed by atoms with E-state index in [-0.39, 0.29) is 31.0 Å². The number of amides is 2. The average molecular weight is 349 g/mol. The Kier molecular flexibility index (Phi) is 5.79. The van der Waals surface area contributed by atoms with Gasteiger partial charge in [0.15, 0.2) is 5.13 Å². The van der Waals surface area contributed by atoms with Gasteiger partial charge in [0, 0.05) is 24.4 Å². The van der Waals surface area contributed by atoms with Crippen molar-refractivity contribution in [3.8, 4) is 0 Å². The molecular formula is C14H15N5O4S. The Hall–Kier alpha value is -3.01. The first-order valence-corrected chi connectivity index (χ1v) is 7.83. The van der Waals surface area contributed by atoms with Crippen LogP contribution in [0.4, 0.5) is 16.5 Å². The molecule has 0 saturated carbocycles. The number of carbonyl (C=O) groups is 2. The SMILES string of the molecule is NC(=O)Cc1csc(NC(=O)CCNc2ccccc2[N+](=O)[O-])n1. The Bertz CT molecular complexity index is 761. The van der Waals surface area contributed by atoms with Gasteiger partial charge in [-0.05, 0) is 6.07 Å². The number of hydrogen-bond donors (Lipinski definition) is 3. The standard InChI is InChI=1S/C14H15N5O4S/c15-12(20)7-9-8-24-14(17-9)18-13(21)5-6-16-10-3-1-2-4-11(10)19(22)23/h1-4,8,16H,5-7H2,(H2,15,20)(H,17,18,21). The minimum atomic E-state index is -0.494. The van der Waals surface area contributed by atoms with Crippen LogP contribution in [0.25, 0.3) is 0 Å². The van der Waals surface area contributed by atoms with E-state index in [1.807, 2.05) is 0 Å². The van der Waals surface area contributed by atoms with Crippen LogP contribution in [0, 0.1) is 10.1 Å². The minimum absolute atomic E-state index is 0.0194. The van der Waals surface area contributed by atoms with Gasteiger partial charge in [0.25, 0.3) is 5.69 Å². The summed E-state index contributed by atoms with van der Waals surface area (Å²) in [4.78, 5) is 37.1. The highest BCUT2D eigenvalue weighted by molar-refractivity contribution is 7.13. The Balaban J connectivity index is 1.82. The number of nitro groups is 1. The van der Waals surface area contributed by atoms with E-state index in [9.17, 15) is 19.7 Å². The van der Waals surface area contributed by atoms with Crippen LogP contribution >= 0.6 is 11.3 Å². The average Bonchev–Trinajstić information content (AvgIpc) is 2.93. The summed E-state index contributed by atoms with van der Waals surface area (Å²) in [7, 11) is 0. The zero-order chi connectivity index (χ0) is 17.5. The van der Waals surface area contributed by atoms with Crippen LogP contribution in [0.5, 0.6) is 0 Å². The molecule has 9 nitrogen and oxygen atoms in total. The zero-order valence-corrected chi connectivity index (χ0v) is 13.3. The van der Waals surface area contributed by atoms with E-state index in [4.69, 9.17) is 5.73 Å². The van der Waals surface area contributed by atoms with Crippen LogP contribution in [0.1, 0.15) is 12.1 Å². The third-order valence-electron chi connectivity index (χ3n) is 2.92. The number of rotatable bonds is 8. The predicted octanol–water partition coefficient (Wildman–Crippen LogP) is 1.52. The van der Waals surface area contributed by atoms with Crippen molar-refractivity contribution in [3.63, 3.8) is 0 Å². The summed E-state index contributed by atoms with van der Waals surface area (Å²) in [6.45, 7) is 0.232. The summed E-state index contributed by atoms with van der Waals surface area (Å²) < 4.78 is 0. The Morgan fingerprint density at radius 1 is 1.33 bits per heavy atom. The van der Waals surface area contributed by atoms with Gasteiger partial charge >= 0.3 is 0 Å². The molecule has 0 aliphatic rings. The predicted molar refractivity (Wildman–Crippen MR) is 89.8 cm³/mol. The van der Waals surface area contributed by atoms with Crippen molar-refractivity contribution in [3.05, 3.63) is 45.5 Å². The molecule has 24 heavy (non-hydrogen) atoms. The number of anilines is 2. The molecule has 0 unspecified atom stereocenters. The molecule has 2 amide bonds. The second-order valence-electron chi connectivity index (χ2n) is 4.79. The normalized spacial score (nSPS) is 10.2. The summed E-state index contributed by atoms with van der Waals surface area (Å²) in [5.74, 6) is -0.784. The summed E-state index contributed by atoms with van der Waals surface area (Å²) >= 11 is 1.20. The monoisotopic (exact) mass is 349 g/mol. The molecule has 0 bridgehead atoms. The number of carbonyl (C=O) groups excluding carboxylic acids is 2. The first-order valence-electron chi connectivity index (χ1n) is 6.95. The first kappa shape index (κ1) is 17.3. The van der Waals surface area contributed by atoms with Gasteiger partial charge in [-0.15, -0.1) is 11.3 Å². The van der Waals surface area contributed by atoms with Crippen molar-refractivity contribution >= 4 is 39.7 Å². The van der Waals surface area contributed by atoms with Crippen molar-refractivity contribution in [2.45, 2.75) is 12.8 Å². The van der Waals surface area contributed by atoms with Crippen molar-refractivity contribution in [2.24, 2.45) is 5.73 Å². The highest BCUT2D eigenvalue weighted by atomic mass is 32.1. The number of nitrogens with one attached hydrogen (secondary N) is 2. The number of para-hydroxylation sites is 2. The summed E-state index contributed by atoms with van der Waals surface area (Å²) in [5, 5.41) is 18.4. The van der Waals surface area contributed by atoms with Crippen molar-refractivity contribution in [1.82, 2.24) is 4.98 Å². The Morgan fingerprint density at radius 2 is 2.08 bits per heavy atom. The van der Waals surface area contributed by atoms with Crippen LogP contribution in [-0.2, 0) is 16.0 Å². The number of primary amides is 1. The van der Waals surface area contributed by atoms with Gasteiger partial charge in [-0.25, -0.2) is 4.98 Å². The number of nitrogens with two attached hydrogens (primary N) is 1. The lowest BCUT2D eigenvalue weighted by Gasteiger charge is -2.06. The van der Waals surface area contributed by atoms with Crippen LogP contribution in [0.3, 0.4) is 0 Å². The molecule has 0 aliphatic carbocycles. The topological polar surface area (TPSA) is 140 Å². The van der Waals surface area contributed by atoms with Crippen molar-refractivity contribution in [2.75, 3.05) is 17.2 Å². The molecule has 2 aromatic rings. The first-order chi connectivity index (χ1) is 11.5. The van der Waals surface area contributed by atoms with Gasteiger partial charge in [0.2, 0.25) is 11.8 Å². The zero-order valence-electron chi connectivity index (χ0n) is 12.5. The molecule has 1 heterocycles. The van der Waals surface area contributed by atoms with Gasteiger partial charge in [-0.3, -0.25) is 19.7 Å². The third kappa shape index (κ3) is 5.02. The summed E-state index contributed by atoms with van der Waals surface area (Å²) in [6.07, 6.45) is 0.127. The van der Waals surface area contributed by atoms with Gasteiger partial charge in [-0.2, -0.15) is 0 Å². The molecule has 0 saturated heterocycles. The smallest absolute Gasteiger partial charge is 0.292 e. The van der Waals surface area contributed by atoms with Crippen LogP contribution < -0.4 is 16.4 Å². The fourth-order valence-corrected chi connectivity index (χ4v) is 2.63. The number of hydrogen-bond acceptors (Lipinski definition) is 7. The van der Waals surface area contributed by atoms with Crippen LogP contribution in [0.15, 0.2) is 29.6 Å². The van der Waals surface area contributed by atoms with Gasteiger partial charge in [0.05, 0.1) is 17.0 Å². The highest BCUT2D eigenvalue weighted by Gasteiger charge is 2.12. The Morgan fingerprint density at radius 3 is 2.79 bits per heavy atom. The van der Waals surface area contributed by atoms with E-state index in [0.717, 1.165) is 0 Å². The van der Waals surface area contributed by atoms with E-state index >= 15 is 0 Å². The summed E-state index contributed by atoms with van der Waals surface area (Å²) in [5.41, 5.74) is 5.88. The van der Waals surface area contributed by atoms with E-state index in [0.29, 0.717) is 16.5 Å². The molecule has 4 N–H and O–H groups in total. The minimum Gasteiger partial charge on any atom is -0.379 e. The second-order valence-corrected chi connectivity index (χ2v) is 5.64. The lowest BCUT2D eigenvalue weighted by molar-refractivity contribution is -0.384. The molecule has 1 aromatic carbocycles. The fraction of sp³-hybridized carbons (Fsp3) is 0.214. The third-order valence-corrected chi connectivity index (χ3v) is 3.73. The molecule has 126 valence electrons. The molecule has 0 atom stereocenters. The molecule has 0 spiro atoms. The lowest BCUT2D eigenvalue weighted by atomic mass is 10.2. The quantitative estimate of drug-likeness (QED) is 0.487. The number of aromatic nitrogens is 1. The van der Waals surface area contributed by atoms with Gasteiger partial charge in [0.1, 0.15) is 5.69 Å². The number of benzene rings is 1. The van der Waals surface area contributed by atoms with Crippen molar-refractivity contribution in [1.29, 1.82) is 0 Å². The summed E-state index contributed by atoms with van der Waals surface area (Å²) in [6, 6.07) is 6.21. The van der Waals surface area contributed by atoms with E-state index in [1.165, 1.54) is 17.4 Å². The maximum Gasteiger partial charge on any atom is 0.292 e. The molecule has 0 fully saturated rings. The number of thiazole rings is 1. The van der Waals surface area contributed by atoms with Crippen molar-refractivity contribution < 1.29 is 14.5 Å². The molecule has 10 heteroatoms. The largest absolute Gasteiger partial charge is 0.379 e. The number of nitro benzene ring substituents is 1. The molecule has 2 rings (SSSR count). The lowest BCUT2D eigenvalue weighted by Crippen LogP contribution is -2.17. The Labute approximate surface area is 141 Å². The van der Waals surface area contributed by atoms with E-state index in [2.05, 4.69) is 15.6 Å². The molecule has 0 aliphatic heterocycles. The maximum absolute atomic E-state index is 11.8. The highest BCUT2D eigenvalue weighted by Crippen LogP contribution is 2.23. The van der Waals surface area contributed by atoms with Crippen LogP contribution in [0.2, 0.25) is 0 Å². The van der Waals surface area contributed by atoms with E-state index in [1.54, 1.807) is 23.6 Å². The maximum atomic E-state index is 11.8. The second kappa shape index (κ2) is 8.02. The number of nitrogens with zero attached hydrogens (tertiary/aromatic N) is 2. The molecule has 1 aromatic heterocycles.